The van der Waals surface area contributed by atoms with E-state index in [2.05, 4.69) is 40.8 Å². The number of carbonyl (C=O) groups excluding carboxylic acids is 1. The molecule has 2 heterocycles. The summed E-state index contributed by atoms with van der Waals surface area (Å²) < 4.78 is 6.21. The number of ether oxygens (including phenoxy) is 1. The molecule has 1 aliphatic heterocycles. The van der Waals surface area contributed by atoms with Crippen LogP contribution >= 0.6 is 0 Å². The van der Waals surface area contributed by atoms with E-state index in [-0.39, 0.29) is 12.0 Å². The second-order valence-corrected chi connectivity index (χ2v) is 8.79. The van der Waals surface area contributed by atoms with Gasteiger partial charge in [-0.3, -0.25) is 14.7 Å². The summed E-state index contributed by atoms with van der Waals surface area (Å²) in [6.07, 6.45) is 5.77. The van der Waals surface area contributed by atoms with Gasteiger partial charge in [0.25, 0.3) is 0 Å². The fourth-order valence-corrected chi connectivity index (χ4v) is 4.57. The lowest BCUT2D eigenvalue weighted by molar-refractivity contribution is -0.139. The third-order valence-electron chi connectivity index (χ3n) is 6.50. The van der Waals surface area contributed by atoms with Gasteiger partial charge in [0.15, 0.2) is 0 Å². The van der Waals surface area contributed by atoms with E-state index >= 15 is 0 Å². The molecule has 2 aliphatic rings. The van der Waals surface area contributed by atoms with Crippen LogP contribution in [-0.2, 0) is 4.79 Å². The molecule has 0 unspecified atom stereocenters. The molecular weight excluding hydrogens is 374 g/mol. The van der Waals surface area contributed by atoms with Gasteiger partial charge in [-0.05, 0) is 75.9 Å². The number of nitrogens with zero attached hydrogens (tertiary/aromatic N) is 3. The standard InChI is InChI=1S/C25H33N3O2/c1-19(2)27-15-17-28(18-16-27)25(29)21-8-12-23(13-9-21)30-22-10-6-20(7-11-22)24-5-3-4-14-26-24/h3-7,10-11,14,19,21,23H,8-9,12-13,15-18H2,1-2H3/t21-,23-. The Balaban J connectivity index is 1.24. The highest BCUT2D eigenvalue weighted by Gasteiger charge is 2.32. The first-order valence-corrected chi connectivity index (χ1v) is 11.3. The van der Waals surface area contributed by atoms with Crippen molar-refractivity contribution in [2.45, 2.75) is 51.7 Å². The van der Waals surface area contributed by atoms with Gasteiger partial charge >= 0.3 is 0 Å². The number of hydrogen-bond donors (Lipinski definition) is 0. The zero-order valence-corrected chi connectivity index (χ0v) is 18.2. The monoisotopic (exact) mass is 407 g/mol. The molecule has 30 heavy (non-hydrogen) atoms. The van der Waals surface area contributed by atoms with Crippen molar-refractivity contribution in [3.63, 3.8) is 0 Å². The minimum Gasteiger partial charge on any atom is -0.490 e. The summed E-state index contributed by atoms with van der Waals surface area (Å²) in [6, 6.07) is 14.7. The molecule has 1 amide bonds. The lowest BCUT2D eigenvalue weighted by Crippen LogP contribution is -2.52. The third kappa shape index (κ3) is 5.01. The molecule has 0 N–H and O–H groups in total. The fourth-order valence-electron chi connectivity index (χ4n) is 4.57. The lowest BCUT2D eigenvalue weighted by atomic mass is 9.86. The average molecular weight is 408 g/mol. The molecule has 2 aromatic rings. The van der Waals surface area contributed by atoms with E-state index in [0.29, 0.717) is 11.9 Å². The largest absolute Gasteiger partial charge is 0.490 e. The van der Waals surface area contributed by atoms with Crippen LogP contribution in [0.25, 0.3) is 11.3 Å². The smallest absolute Gasteiger partial charge is 0.225 e. The molecule has 2 fully saturated rings. The minimum atomic E-state index is 0.169. The summed E-state index contributed by atoms with van der Waals surface area (Å²) >= 11 is 0. The van der Waals surface area contributed by atoms with Crippen molar-refractivity contribution < 1.29 is 9.53 Å². The number of pyridine rings is 1. The molecule has 0 spiro atoms. The first-order chi connectivity index (χ1) is 14.6. The summed E-state index contributed by atoms with van der Waals surface area (Å²) in [7, 11) is 0. The van der Waals surface area contributed by atoms with E-state index < -0.39 is 0 Å². The van der Waals surface area contributed by atoms with Crippen molar-refractivity contribution in [1.29, 1.82) is 0 Å². The van der Waals surface area contributed by atoms with E-state index in [1.165, 1.54) is 0 Å². The summed E-state index contributed by atoms with van der Waals surface area (Å²) in [5.74, 6) is 1.42. The highest BCUT2D eigenvalue weighted by Crippen LogP contribution is 2.30. The number of carbonyl (C=O) groups is 1. The number of hydrogen-bond acceptors (Lipinski definition) is 4. The number of benzene rings is 1. The Hall–Kier alpha value is -2.40. The molecule has 160 valence electrons. The minimum absolute atomic E-state index is 0.169. The zero-order valence-electron chi connectivity index (χ0n) is 18.2. The van der Waals surface area contributed by atoms with Gasteiger partial charge in [-0.1, -0.05) is 6.07 Å². The van der Waals surface area contributed by atoms with Crippen molar-refractivity contribution >= 4 is 5.91 Å². The van der Waals surface area contributed by atoms with E-state index in [1.807, 2.05) is 36.5 Å². The number of amides is 1. The molecule has 4 rings (SSSR count). The molecule has 0 radical (unpaired) electrons. The van der Waals surface area contributed by atoms with Gasteiger partial charge in [-0.2, -0.15) is 0 Å². The van der Waals surface area contributed by atoms with Gasteiger partial charge in [0, 0.05) is 49.9 Å². The highest BCUT2D eigenvalue weighted by atomic mass is 16.5. The van der Waals surface area contributed by atoms with Gasteiger partial charge in [0.1, 0.15) is 5.75 Å². The van der Waals surface area contributed by atoms with E-state index in [4.69, 9.17) is 4.74 Å². The van der Waals surface area contributed by atoms with Crippen LogP contribution in [-0.4, -0.2) is 59.0 Å². The molecule has 1 saturated carbocycles. The number of aromatic nitrogens is 1. The van der Waals surface area contributed by atoms with Crippen molar-refractivity contribution in [3.05, 3.63) is 48.7 Å². The third-order valence-corrected chi connectivity index (χ3v) is 6.50. The topological polar surface area (TPSA) is 45.7 Å². The van der Waals surface area contributed by atoms with Crippen molar-refractivity contribution in [1.82, 2.24) is 14.8 Å². The molecule has 0 atom stereocenters. The highest BCUT2D eigenvalue weighted by molar-refractivity contribution is 5.79. The maximum atomic E-state index is 12.9. The first kappa shape index (κ1) is 20.9. The van der Waals surface area contributed by atoms with Gasteiger partial charge in [0.05, 0.1) is 11.8 Å². The van der Waals surface area contributed by atoms with Crippen LogP contribution < -0.4 is 4.74 Å². The van der Waals surface area contributed by atoms with Crippen molar-refractivity contribution in [2.75, 3.05) is 26.2 Å². The second kappa shape index (κ2) is 9.61. The Morgan fingerprint density at radius 3 is 2.27 bits per heavy atom. The van der Waals surface area contributed by atoms with Gasteiger partial charge in [-0.15, -0.1) is 0 Å². The predicted octanol–water partition coefficient (Wildman–Crippen LogP) is 4.24. The van der Waals surface area contributed by atoms with Crippen LogP contribution in [0.15, 0.2) is 48.7 Å². The number of piperazine rings is 1. The quantitative estimate of drug-likeness (QED) is 0.744. The second-order valence-electron chi connectivity index (χ2n) is 8.79. The van der Waals surface area contributed by atoms with E-state index in [9.17, 15) is 4.79 Å². The number of rotatable bonds is 5. The normalized spacial score (nSPS) is 22.8. The van der Waals surface area contributed by atoms with Crippen LogP contribution in [0.2, 0.25) is 0 Å². The van der Waals surface area contributed by atoms with Crippen LogP contribution in [0.1, 0.15) is 39.5 Å². The summed E-state index contributed by atoms with van der Waals surface area (Å²) in [4.78, 5) is 21.9. The molecule has 0 bridgehead atoms. The molecule has 5 heteroatoms. The average Bonchev–Trinajstić information content (AvgIpc) is 2.80. The molecule has 5 nitrogen and oxygen atoms in total. The SMILES string of the molecule is CC(C)N1CCN(C(=O)[C@H]2CC[C@H](Oc3ccc(-c4ccccn4)cc3)CC2)CC1. The predicted molar refractivity (Wildman–Crippen MR) is 119 cm³/mol. The van der Waals surface area contributed by atoms with Crippen LogP contribution in [0, 0.1) is 5.92 Å². The van der Waals surface area contributed by atoms with Gasteiger partial charge in [-0.25, -0.2) is 0 Å². The van der Waals surface area contributed by atoms with Crippen LogP contribution in [0.4, 0.5) is 0 Å². The summed E-state index contributed by atoms with van der Waals surface area (Å²) in [5.41, 5.74) is 2.06. The Labute approximate surface area is 180 Å². The van der Waals surface area contributed by atoms with E-state index in [0.717, 1.165) is 68.9 Å². The summed E-state index contributed by atoms with van der Waals surface area (Å²) in [6.45, 7) is 8.19. The van der Waals surface area contributed by atoms with Crippen molar-refractivity contribution in [3.8, 4) is 17.0 Å². The summed E-state index contributed by atoms with van der Waals surface area (Å²) in [5, 5.41) is 0. The van der Waals surface area contributed by atoms with Gasteiger partial charge in [0.2, 0.25) is 5.91 Å². The lowest BCUT2D eigenvalue weighted by Gasteiger charge is -2.39. The maximum absolute atomic E-state index is 12.9. The van der Waals surface area contributed by atoms with Crippen LogP contribution in [0.3, 0.4) is 0 Å². The fraction of sp³-hybridized carbons (Fsp3) is 0.520. The Kier molecular flexibility index (Phi) is 6.68. The first-order valence-electron chi connectivity index (χ1n) is 11.3. The molecule has 1 aromatic heterocycles. The Morgan fingerprint density at radius 2 is 1.67 bits per heavy atom. The van der Waals surface area contributed by atoms with E-state index in [1.54, 1.807) is 0 Å². The molecular formula is C25H33N3O2. The zero-order chi connectivity index (χ0) is 20.9. The van der Waals surface area contributed by atoms with Gasteiger partial charge < -0.3 is 9.64 Å². The maximum Gasteiger partial charge on any atom is 0.225 e. The Morgan fingerprint density at radius 1 is 0.967 bits per heavy atom. The Bertz CT molecular complexity index is 806. The molecule has 1 aliphatic carbocycles. The molecule has 1 saturated heterocycles. The van der Waals surface area contributed by atoms with Crippen LogP contribution in [0.5, 0.6) is 5.75 Å². The van der Waals surface area contributed by atoms with Crippen molar-refractivity contribution in [2.24, 2.45) is 5.92 Å². The molecule has 1 aromatic carbocycles.